The summed E-state index contributed by atoms with van der Waals surface area (Å²) in [5.41, 5.74) is 5.03. The molecule has 0 saturated carbocycles. The Morgan fingerprint density at radius 3 is 2.30 bits per heavy atom. The molecule has 1 unspecified atom stereocenters. The molecular formula is C13H26N2O4S. The van der Waals surface area contributed by atoms with E-state index in [9.17, 15) is 17.8 Å². The van der Waals surface area contributed by atoms with Crippen LogP contribution in [-0.2, 0) is 14.9 Å². The van der Waals surface area contributed by atoms with E-state index in [1.165, 1.54) is 6.08 Å². The van der Waals surface area contributed by atoms with Crippen molar-refractivity contribution in [3.63, 3.8) is 0 Å². The number of nitrogens with zero attached hydrogens (tertiary/aromatic N) is 1. The molecule has 1 amide bonds. The van der Waals surface area contributed by atoms with Crippen molar-refractivity contribution in [2.45, 2.75) is 39.7 Å². The molecule has 20 heavy (non-hydrogen) atoms. The van der Waals surface area contributed by atoms with Crippen LogP contribution in [0.3, 0.4) is 0 Å². The van der Waals surface area contributed by atoms with Gasteiger partial charge in [-0.25, -0.2) is 8.42 Å². The van der Waals surface area contributed by atoms with Crippen molar-refractivity contribution in [3.8, 4) is 0 Å². The highest BCUT2D eigenvalue weighted by Crippen LogP contribution is 2.18. The van der Waals surface area contributed by atoms with E-state index in [1.807, 2.05) is 20.8 Å². The third-order valence-corrected chi connectivity index (χ3v) is 4.74. The first-order chi connectivity index (χ1) is 9.17. The molecular weight excluding hydrogens is 280 g/mol. The Bertz CT molecular complexity index is 428. The van der Waals surface area contributed by atoms with E-state index >= 15 is 0 Å². The summed E-state index contributed by atoms with van der Waals surface area (Å²) < 4.78 is 33.0. The molecule has 0 spiro atoms. The number of primary amides is 1. The average molecular weight is 306 g/mol. The van der Waals surface area contributed by atoms with Gasteiger partial charge in [-0.15, -0.1) is 0 Å². The van der Waals surface area contributed by atoms with E-state index in [2.05, 4.69) is 0 Å². The second-order valence-corrected chi connectivity index (χ2v) is 6.59. The maximum atomic E-state index is 10.7. The third kappa shape index (κ3) is 7.02. The number of quaternary nitrogens is 1. The van der Waals surface area contributed by atoms with Crippen LogP contribution in [0, 0.1) is 0 Å². The normalized spacial score (nSPS) is 14.6. The van der Waals surface area contributed by atoms with Crippen LogP contribution < -0.4 is 5.73 Å². The minimum Gasteiger partial charge on any atom is -0.748 e. The van der Waals surface area contributed by atoms with Crippen molar-refractivity contribution < 1.29 is 22.2 Å². The summed E-state index contributed by atoms with van der Waals surface area (Å²) in [6.07, 6.45) is 4.12. The highest BCUT2D eigenvalue weighted by Gasteiger charge is 2.29. The lowest BCUT2D eigenvalue weighted by Crippen LogP contribution is -2.55. The Morgan fingerprint density at radius 1 is 1.35 bits per heavy atom. The maximum absolute atomic E-state index is 10.7. The number of carbonyl (C=O) groups is 1. The van der Waals surface area contributed by atoms with Crippen molar-refractivity contribution in [2.24, 2.45) is 5.73 Å². The zero-order valence-electron chi connectivity index (χ0n) is 12.5. The standard InChI is InChI=1S/C13H26N2O4S/c1-4-15(5-2,10-7-6-8-13(14)16)12(3)9-11-20(17,18)19/h6,8,12H,4-5,7,9-11H2,1-3H3,(H2-,14,16,17,18,19). The summed E-state index contributed by atoms with van der Waals surface area (Å²) in [5.74, 6) is -0.799. The molecule has 1 atom stereocenters. The first-order valence-corrected chi connectivity index (χ1v) is 8.50. The molecule has 0 aliphatic carbocycles. The summed E-state index contributed by atoms with van der Waals surface area (Å²) >= 11 is 0. The Balaban J connectivity index is 4.68. The molecule has 7 heteroatoms. The van der Waals surface area contributed by atoms with Crippen LogP contribution in [-0.4, -0.2) is 54.8 Å². The summed E-state index contributed by atoms with van der Waals surface area (Å²) in [4.78, 5) is 10.6. The van der Waals surface area contributed by atoms with Crippen LogP contribution in [0.25, 0.3) is 0 Å². The van der Waals surface area contributed by atoms with Crippen LogP contribution in [0.1, 0.15) is 33.6 Å². The Morgan fingerprint density at radius 2 is 1.90 bits per heavy atom. The molecule has 0 aliphatic heterocycles. The average Bonchev–Trinajstić information content (AvgIpc) is 2.36. The fraction of sp³-hybridized carbons (Fsp3) is 0.769. The predicted molar refractivity (Wildman–Crippen MR) is 77.8 cm³/mol. The second kappa shape index (κ2) is 8.39. The summed E-state index contributed by atoms with van der Waals surface area (Å²) in [7, 11) is -4.17. The van der Waals surface area contributed by atoms with Gasteiger partial charge >= 0.3 is 0 Å². The molecule has 0 aliphatic rings. The van der Waals surface area contributed by atoms with Gasteiger partial charge in [-0.3, -0.25) is 4.79 Å². The van der Waals surface area contributed by atoms with Crippen LogP contribution in [0.15, 0.2) is 12.2 Å². The molecule has 0 radical (unpaired) electrons. The first kappa shape index (κ1) is 19.1. The van der Waals surface area contributed by atoms with E-state index < -0.39 is 16.0 Å². The molecule has 2 N–H and O–H groups in total. The van der Waals surface area contributed by atoms with Gasteiger partial charge in [0.1, 0.15) is 0 Å². The summed E-state index contributed by atoms with van der Waals surface area (Å²) in [6.45, 7) is 8.54. The number of hydrogen-bond acceptors (Lipinski definition) is 4. The molecule has 0 bridgehead atoms. The molecule has 118 valence electrons. The second-order valence-electron chi connectivity index (χ2n) is 5.07. The van der Waals surface area contributed by atoms with E-state index in [1.54, 1.807) is 6.08 Å². The zero-order chi connectivity index (χ0) is 15.8. The topological polar surface area (TPSA) is 100 Å². The molecule has 0 fully saturated rings. The first-order valence-electron chi connectivity index (χ1n) is 6.92. The van der Waals surface area contributed by atoms with Gasteiger partial charge in [-0.1, -0.05) is 6.08 Å². The van der Waals surface area contributed by atoms with Crippen LogP contribution >= 0.6 is 0 Å². The van der Waals surface area contributed by atoms with Crippen molar-refractivity contribution in [1.82, 2.24) is 0 Å². The van der Waals surface area contributed by atoms with Crippen molar-refractivity contribution >= 4 is 16.0 Å². The van der Waals surface area contributed by atoms with Gasteiger partial charge in [0, 0.05) is 18.6 Å². The van der Waals surface area contributed by atoms with Gasteiger partial charge in [0.05, 0.1) is 35.8 Å². The van der Waals surface area contributed by atoms with Gasteiger partial charge in [-0.05, 0) is 26.8 Å². The fourth-order valence-corrected chi connectivity index (χ4v) is 3.13. The third-order valence-electron chi connectivity index (χ3n) is 4.00. The molecule has 0 aromatic carbocycles. The Hall–Kier alpha value is -0.920. The Kier molecular flexibility index (Phi) is 8.00. The predicted octanol–water partition coefficient (Wildman–Crippen LogP) is 0.598. The molecule has 0 saturated heterocycles. The monoisotopic (exact) mass is 306 g/mol. The largest absolute Gasteiger partial charge is 0.748 e. The van der Waals surface area contributed by atoms with Gasteiger partial charge in [0.2, 0.25) is 5.91 Å². The number of amides is 1. The minimum atomic E-state index is -4.17. The number of carbonyl (C=O) groups excluding carboxylic acids is 1. The van der Waals surface area contributed by atoms with Gasteiger partial charge < -0.3 is 14.8 Å². The van der Waals surface area contributed by atoms with Crippen molar-refractivity contribution in [3.05, 3.63) is 12.2 Å². The van der Waals surface area contributed by atoms with Gasteiger partial charge in [0.25, 0.3) is 0 Å². The van der Waals surface area contributed by atoms with E-state index in [-0.39, 0.29) is 11.8 Å². The van der Waals surface area contributed by atoms with Crippen molar-refractivity contribution in [2.75, 3.05) is 25.4 Å². The van der Waals surface area contributed by atoms with Crippen LogP contribution in [0.4, 0.5) is 0 Å². The lowest BCUT2D eigenvalue weighted by molar-refractivity contribution is -0.946. The fourth-order valence-electron chi connectivity index (χ4n) is 2.50. The lowest BCUT2D eigenvalue weighted by atomic mass is 10.1. The highest BCUT2D eigenvalue weighted by molar-refractivity contribution is 7.85. The number of hydrogen-bond donors (Lipinski definition) is 1. The van der Waals surface area contributed by atoms with Crippen LogP contribution in [0.2, 0.25) is 0 Å². The molecule has 6 nitrogen and oxygen atoms in total. The Labute approximate surface area is 122 Å². The van der Waals surface area contributed by atoms with Crippen molar-refractivity contribution in [1.29, 1.82) is 0 Å². The van der Waals surface area contributed by atoms with E-state index in [0.29, 0.717) is 12.8 Å². The van der Waals surface area contributed by atoms with Gasteiger partial charge in [0.15, 0.2) is 0 Å². The van der Waals surface area contributed by atoms with E-state index in [0.717, 1.165) is 24.1 Å². The summed E-state index contributed by atoms with van der Waals surface area (Å²) in [5, 5.41) is 0. The smallest absolute Gasteiger partial charge is 0.241 e. The maximum Gasteiger partial charge on any atom is 0.241 e. The van der Waals surface area contributed by atoms with Crippen LogP contribution in [0.5, 0.6) is 0 Å². The molecule has 0 heterocycles. The molecule has 0 rings (SSSR count). The highest BCUT2D eigenvalue weighted by atomic mass is 32.2. The van der Waals surface area contributed by atoms with E-state index in [4.69, 9.17) is 5.73 Å². The zero-order valence-corrected chi connectivity index (χ0v) is 13.4. The number of rotatable bonds is 10. The quantitative estimate of drug-likeness (QED) is 0.363. The SMILES string of the molecule is CC[N+](CC)(CCC=CC(N)=O)C(C)CCS(=O)(=O)[O-]. The summed E-state index contributed by atoms with van der Waals surface area (Å²) in [6, 6.07) is 0.0794. The molecule has 0 aromatic rings. The lowest BCUT2D eigenvalue weighted by Gasteiger charge is -2.42. The molecule has 0 aromatic heterocycles. The van der Waals surface area contributed by atoms with Gasteiger partial charge in [-0.2, -0.15) is 0 Å². The number of nitrogens with two attached hydrogens (primary N) is 1. The minimum absolute atomic E-state index is 0.0794.